The maximum absolute atomic E-state index is 11.5. The molecule has 6 atom stereocenters. The normalized spacial score (nSPS) is 35.1. The number of hydrogen-bond donors (Lipinski definition) is 0. The zero-order chi connectivity index (χ0) is 19.9. The summed E-state index contributed by atoms with van der Waals surface area (Å²) in [6.07, 6.45) is 6.89. The van der Waals surface area contributed by atoms with Crippen molar-refractivity contribution in [2.24, 2.45) is 17.8 Å². The topological polar surface area (TPSA) is 180 Å². The van der Waals surface area contributed by atoms with Crippen molar-refractivity contribution < 1.29 is 55.9 Å². The average molecular weight is 466 g/mol. The summed E-state index contributed by atoms with van der Waals surface area (Å²) in [6, 6.07) is 0. The third-order valence-electron chi connectivity index (χ3n) is 5.58. The largest absolute Gasteiger partial charge is 0.790 e. The van der Waals surface area contributed by atoms with Gasteiger partial charge in [0.25, 0.3) is 15.6 Å². The Labute approximate surface area is 161 Å². The van der Waals surface area contributed by atoms with Crippen LogP contribution in [0.5, 0.6) is 0 Å². The van der Waals surface area contributed by atoms with Gasteiger partial charge in [-0.2, -0.15) is 0 Å². The van der Waals surface area contributed by atoms with Crippen LogP contribution in [0.4, 0.5) is 4.70 Å². The van der Waals surface area contributed by atoms with Crippen LogP contribution < -0.4 is 19.6 Å². The summed E-state index contributed by atoms with van der Waals surface area (Å²) in [5, 5.41) is 0. The maximum atomic E-state index is 11.5. The van der Waals surface area contributed by atoms with Crippen molar-refractivity contribution in [2.75, 3.05) is 6.61 Å². The molecule has 28 heavy (non-hydrogen) atoms. The van der Waals surface area contributed by atoms with E-state index in [2.05, 4.69) is 13.1 Å². The Kier molecular flexibility index (Phi) is 8.07. The zero-order valence-corrected chi connectivity index (χ0v) is 17.5. The Morgan fingerprint density at radius 3 is 1.96 bits per heavy atom. The fourth-order valence-electron chi connectivity index (χ4n) is 4.10. The average Bonchev–Trinajstić information content (AvgIpc) is 2.83. The van der Waals surface area contributed by atoms with Crippen LogP contribution in [0.3, 0.4) is 0 Å². The smallest absolute Gasteiger partial charge is 0.278 e. The fraction of sp³-hybridized carbons (Fsp3) is 1.00. The Balaban J connectivity index is 0.00000280. The summed E-state index contributed by atoms with van der Waals surface area (Å²) in [7, 11) is -17.3. The fourth-order valence-corrected chi connectivity index (χ4v) is 6.98. The SMILES string of the molecule is F.O=P([O-])([O-])OP(=O)([O-])OP(=O)([O-])OC[C@@H]1CC[C@H](C2CC[C@H]2C2CCC2)O1. The Morgan fingerprint density at radius 2 is 1.46 bits per heavy atom. The number of halogens is 1. The van der Waals surface area contributed by atoms with Gasteiger partial charge in [0.2, 0.25) is 0 Å². The number of phosphoric ester groups is 1. The van der Waals surface area contributed by atoms with E-state index in [1.165, 1.54) is 25.7 Å². The van der Waals surface area contributed by atoms with Crippen molar-refractivity contribution in [3.05, 3.63) is 0 Å². The lowest BCUT2D eigenvalue weighted by atomic mass is 9.59. The van der Waals surface area contributed by atoms with E-state index in [9.17, 15) is 33.3 Å². The van der Waals surface area contributed by atoms with Crippen molar-refractivity contribution in [3.8, 4) is 0 Å². The number of rotatable bonds is 9. The highest BCUT2D eigenvalue weighted by Gasteiger charge is 2.45. The summed E-state index contributed by atoms with van der Waals surface area (Å²) < 4.78 is 49.9. The molecule has 0 aromatic carbocycles. The standard InChI is InChI=1S/C13H25O11P3.FH/c14-25(15,16)23-27(19,20)24-26(17,18)21-8-10-4-7-13(22-10)12-6-5-11(12)9-2-1-3-9;/h9-13H,1-8H2,(H,17,18)(H,19,20)(H2,14,15,16);1H/p-4/t10-,11-,12?,13+;/m0./s1. The van der Waals surface area contributed by atoms with Gasteiger partial charge in [-0.25, -0.2) is 4.31 Å². The first-order valence-corrected chi connectivity index (χ1v) is 13.2. The Hall–Kier alpha value is 0.300. The first-order valence-electron chi connectivity index (χ1n) is 8.81. The quantitative estimate of drug-likeness (QED) is 0.427. The van der Waals surface area contributed by atoms with Gasteiger partial charge < -0.3 is 33.4 Å². The molecule has 0 aromatic rings. The van der Waals surface area contributed by atoms with Gasteiger partial charge in [0.1, 0.15) is 0 Å². The summed E-state index contributed by atoms with van der Waals surface area (Å²) in [4.78, 5) is 43.2. The van der Waals surface area contributed by atoms with Gasteiger partial charge >= 0.3 is 0 Å². The van der Waals surface area contributed by atoms with Crippen LogP contribution in [-0.4, -0.2) is 18.8 Å². The Morgan fingerprint density at radius 1 is 0.821 bits per heavy atom. The van der Waals surface area contributed by atoms with Crippen LogP contribution in [-0.2, 0) is 31.6 Å². The van der Waals surface area contributed by atoms with Gasteiger partial charge in [-0.3, -0.25) is 18.1 Å². The van der Waals surface area contributed by atoms with Crippen molar-refractivity contribution in [1.29, 1.82) is 0 Å². The highest BCUT2D eigenvalue weighted by atomic mass is 31.3. The minimum Gasteiger partial charge on any atom is -0.790 e. The van der Waals surface area contributed by atoms with Gasteiger partial charge in [-0.05, 0) is 43.4 Å². The highest BCUT2D eigenvalue weighted by Crippen LogP contribution is 2.60. The highest BCUT2D eigenvalue weighted by molar-refractivity contribution is 7.64. The molecular weight excluding hydrogens is 444 g/mol. The molecule has 0 bridgehead atoms. The molecule has 11 nitrogen and oxygen atoms in total. The molecule has 1 heterocycles. The lowest BCUT2D eigenvalue weighted by Gasteiger charge is -2.48. The molecule has 1 aliphatic heterocycles. The summed E-state index contributed by atoms with van der Waals surface area (Å²) in [5.74, 6) is 1.90. The molecule has 1 saturated heterocycles. The van der Waals surface area contributed by atoms with Gasteiger partial charge in [0, 0.05) is 0 Å². The van der Waals surface area contributed by atoms with Crippen molar-refractivity contribution in [1.82, 2.24) is 0 Å². The monoisotopic (exact) mass is 466 g/mol. The van der Waals surface area contributed by atoms with Crippen molar-refractivity contribution in [3.63, 3.8) is 0 Å². The van der Waals surface area contributed by atoms with E-state index in [0.717, 1.165) is 18.8 Å². The van der Waals surface area contributed by atoms with Crippen LogP contribution in [0.15, 0.2) is 0 Å². The molecule has 3 rings (SSSR count). The molecule has 3 aliphatic rings. The second-order valence-corrected chi connectivity index (χ2v) is 11.5. The molecule has 3 fully saturated rings. The van der Waals surface area contributed by atoms with E-state index in [0.29, 0.717) is 18.3 Å². The van der Waals surface area contributed by atoms with Crippen LogP contribution in [0.25, 0.3) is 0 Å². The van der Waals surface area contributed by atoms with Gasteiger partial charge in [-0.1, -0.05) is 19.3 Å². The van der Waals surface area contributed by atoms with Crippen LogP contribution in [0, 0.1) is 17.8 Å². The van der Waals surface area contributed by atoms with Gasteiger partial charge in [0.05, 0.1) is 26.6 Å². The number of phosphoric acid groups is 3. The lowest BCUT2D eigenvalue weighted by molar-refractivity contribution is -0.339. The number of hydrogen-bond acceptors (Lipinski definition) is 11. The van der Waals surface area contributed by atoms with Crippen molar-refractivity contribution in [2.45, 2.75) is 57.2 Å². The van der Waals surface area contributed by atoms with E-state index in [4.69, 9.17) is 4.74 Å². The molecule has 0 spiro atoms. The minimum atomic E-state index is -5.98. The third kappa shape index (κ3) is 6.65. The third-order valence-corrected chi connectivity index (χ3v) is 9.24. The first-order chi connectivity index (χ1) is 12.4. The molecule has 3 unspecified atom stereocenters. The van der Waals surface area contributed by atoms with Crippen LogP contribution >= 0.6 is 23.5 Å². The number of ether oxygens (including phenoxy) is 1. The molecule has 15 heteroatoms. The maximum Gasteiger partial charge on any atom is 0.278 e. The zero-order valence-electron chi connectivity index (χ0n) is 14.8. The van der Waals surface area contributed by atoms with E-state index < -0.39 is 36.2 Å². The molecule has 166 valence electrons. The van der Waals surface area contributed by atoms with E-state index in [-0.39, 0.29) is 10.8 Å². The van der Waals surface area contributed by atoms with E-state index in [1.807, 2.05) is 0 Å². The van der Waals surface area contributed by atoms with E-state index in [1.54, 1.807) is 0 Å². The van der Waals surface area contributed by atoms with Crippen LogP contribution in [0.2, 0.25) is 0 Å². The van der Waals surface area contributed by atoms with E-state index >= 15 is 0 Å². The Bertz CT molecular complexity index is 681. The van der Waals surface area contributed by atoms with Gasteiger partial charge in [-0.15, -0.1) is 0 Å². The van der Waals surface area contributed by atoms with Crippen LogP contribution in [0.1, 0.15) is 44.9 Å². The lowest BCUT2D eigenvalue weighted by Crippen LogP contribution is -2.42. The molecule has 0 amide bonds. The molecule has 0 aromatic heterocycles. The molecular formula is C13H22FO11P3-4. The summed E-state index contributed by atoms with van der Waals surface area (Å²) >= 11 is 0. The predicted molar refractivity (Wildman–Crippen MR) is 84.9 cm³/mol. The summed E-state index contributed by atoms with van der Waals surface area (Å²) in [6.45, 7) is -0.468. The second-order valence-electron chi connectivity index (χ2n) is 7.27. The molecule has 2 saturated carbocycles. The molecule has 2 aliphatic carbocycles. The predicted octanol–water partition coefficient (Wildman–Crippen LogP) is 0.328. The first kappa shape index (κ1) is 24.6. The molecule has 0 radical (unpaired) electrons. The van der Waals surface area contributed by atoms with Crippen molar-refractivity contribution >= 4 is 23.5 Å². The van der Waals surface area contributed by atoms with Gasteiger partial charge in [0.15, 0.2) is 0 Å². The molecule has 0 N–H and O–H groups in total. The minimum absolute atomic E-state index is 0. The summed E-state index contributed by atoms with van der Waals surface area (Å²) in [5.41, 5.74) is 0. The second kappa shape index (κ2) is 9.20.